The van der Waals surface area contributed by atoms with Gasteiger partial charge in [0.2, 0.25) is 0 Å². The van der Waals surface area contributed by atoms with E-state index in [4.69, 9.17) is 0 Å². The summed E-state index contributed by atoms with van der Waals surface area (Å²) < 4.78 is 0. The summed E-state index contributed by atoms with van der Waals surface area (Å²) in [6, 6.07) is 7.71. The summed E-state index contributed by atoms with van der Waals surface area (Å²) in [4.78, 5) is 8.57. The molecule has 0 amide bonds. The van der Waals surface area contributed by atoms with Crippen molar-refractivity contribution in [1.82, 2.24) is 9.97 Å². The lowest BCUT2D eigenvalue weighted by atomic mass is 10.1. The van der Waals surface area contributed by atoms with E-state index in [0.29, 0.717) is 6.42 Å². The Bertz CT molecular complexity index is 550. The van der Waals surface area contributed by atoms with Gasteiger partial charge < -0.3 is 5.11 Å². The monoisotopic (exact) mass is 286 g/mol. The molecule has 0 spiro atoms. The number of aliphatic hydroxyl groups excluding tert-OH is 1. The number of rotatable bonds is 3. The molecular formula is C18H26N2O. The topological polar surface area (TPSA) is 46.0 Å². The van der Waals surface area contributed by atoms with E-state index in [1.54, 1.807) is 12.4 Å². The molecule has 3 nitrogen and oxygen atoms in total. The van der Waals surface area contributed by atoms with Gasteiger partial charge in [-0.1, -0.05) is 34.3 Å². The molecule has 114 valence electrons. The predicted molar refractivity (Wildman–Crippen MR) is 90.4 cm³/mol. The van der Waals surface area contributed by atoms with Gasteiger partial charge in [-0.2, -0.15) is 0 Å². The molecule has 0 aromatic carbocycles. The second-order valence-corrected chi connectivity index (χ2v) is 4.01. The molecule has 0 bridgehead atoms. The molecule has 0 aliphatic rings. The molecule has 3 heteroatoms. The Balaban J connectivity index is 0.000000921. The van der Waals surface area contributed by atoms with Gasteiger partial charge >= 0.3 is 0 Å². The zero-order valence-electron chi connectivity index (χ0n) is 13.7. The van der Waals surface area contributed by atoms with Gasteiger partial charge in [-0.3, -0.25) is 9.97 Å². The fraction of sp³-hybridized carbons (Fsp3) is 0.333. The molecule has 1 N–H and O–H groups in total. The Morgan fingerprint density at radius 1 is 1.00 bits per heavy atom. The van der Waals surface area contributed by atoms with Crippen LogP contribution in [0, 0.1) is 6.92 Å². The number of hydrogen-bond donors (Lipinski definition) is 1. The van der Waals surface area contributed by atoms with Crippen LogP contribution < -0.4 is 0 Å². The lowest BCUT2D eigenvalue weighted by molar-refractivity contribution is 0.401. The molecule has 2 heterocycles. The van der Waals surface area contributed by atoms with Crippen LogP contribution in [-0.4, -0.2) is 15.1 Å². The fourth-order valence-corrected chi connectivity index (χ4v) is 1.64. The zero-order chi connectivity index (χ0) is 16.3. The highest BCUT2D eigenvalue weighted by Gasteiger charge is 2.03. The van der Waals surface area contributed by atoms with E-state index in [-0.39, 0.29) is 5.76 Å². The highest BCUT2D eigenvalue weighted by atomic mass is 16.3. The van der Waals surface area contributed by atoms with Crippen LogP contribution in [0.3, 0.4) is 0 Å². The first kappa shape index (κ1) is 18.8. The standard InChI is InChI=1S/C14H14N2O.2C2H6/c1-10-3-5-15-13(7-10)14-9-12(4-6-16-14)8-11(2)17;2*1-2/h3-7,9,17H,2,8H2,1H3;2*1-2H3. The second kappa shape index (κ2) is 10.6. The Labute approximate surface area is 128 Å². The summed E-state index contributed by atoms with van der Waals surface area (Å²) in [6.07, 6.45) is 3.93. The molecular weight excluding hydrogens is 260 g/mol. The lowest BCUT2D eigenvalue weighted by Crippen LogP contribution is -1.92. The minimum atomic E-state index is 0.152. The number of pyridine rings is 2. The van der Waals surface area contributed by atoms with Gasteiger partial charge in [-0.15, -0.1) is 0 Å². The van der Waals surface area contributed by atoms with Crippen LogP contribution >= 0.6 is 0 Å². The summed E-state index contributed by atoms with van der Waals surface area (Å²) in [5, 5.41) is 9.18. The molecule has 2 rings (SSSR count). The van der Waals surface area contributed by atoms with E-state index < -0.39 is 0 Å². The van der Waals surface area contributed by atoms with Crippen LogP contribution in [0.2, 0.25) is 0 Å². The van der Waals surface area contributed by atoms with Gasteiger partial charge in [0.05, 0.1) is 17.1 Å². The van der Waals surface area contributed by atoms with Crippen LogP contribution in [0.25, 0.3) is 11.4 Å². The maximum Gasteiger partial charge on any atom is 0.0894 e. The molecule has 0 saturated heterocycles. The lowest BCUT2D eigenvalue weighted by Gasteiger charge is -2.04. The zero-order valence-corrected chi connectivity index (χ0v) is 13.7. The molecule has 0 fully saturated rings. The van der Waals surface area contributed by atoms with E-state index in [1.807, 2.05) is 58.9 Å². The van der Waals surface area contributed by atoms with Crippen molar-refractivity contribution in [2.24, 2.45) is 0 Å². The van der Waals surface area contributed by atoms with Crippen molar-refractivity contribution in [2.45, 2.75) is 41.0 Å². The second-order valence-electron chi connectivity index (χ2n) is 4.01. The summed E-state index contributed by atoms with van der Waals surface area (Å²) >= 11 is 0. The molecule has 0 aliphatic heterocycles. The van der Waals surface area contributed by atoms with E-state index in [0.717, 1.165) is 22.5 Å². The minimum Gasteiger partial charge on any atom is -0.513 e. The summed E-state index contributed by atoms with van der Waals surface area (Å²) in [5.41, 5.74) is 3.78. The third-order valence-corrected chi connectivity index (χ3v) is 2.41. The van der Waals surface area contributed by atoms with Gasteiger partial charge in [-0.25, -0.2) is 0 Å². The van der Waals surface area contributed by atoms with Crippen LogP contribution in [0.1, 0.15) is 38.8 Å². The first-order chi connectivity index (χ1) is 10.1. The molecule has 0 saturated carbocycles. The van der Waals surface area contributed by atoms with E-state index in [2.05, 4.69) is 16.5 Å². The van der Waals surface area contributed by atoms with Crippen molar-refractivity contribution in [1.29, 1.82) is 0 Å². The molecule has 2 aromatic rings. The SMILES string of the molecule is C=C(O)Cc1ccnc(-c2cc(C)ccn2)c1.CC.CC. The summed E-state index contributed by atoms with van der Waals surface area (Å²) in [5.74, 6) is 0.152. The first-order valence-corrected chi connectivity index (χ1v) is 7.40. The number of nitrogens with zero attached hydrogens (tertiary/aromatic N) is 2. The number of aliphatic hydroxyl groups is 1. The molecule has 21 heavy (non-hydrogen) atoms. The fourth-order valence-electron chi connectivity index (χ4n) is 1.64. The van der Waals surface area contributed by atoms with E-state index in [9.17, 15) is 5.11 Å². The highest BCUT2D eigenvalue weighted by molar-refractivity contribution is 5.55. The number of aryl methyl sites for hydroxylation is 1. The normalized spacial score (nSPS) is 8.81. The van der Waals surface area contributed by atoms with Crippen molar-refractivity contribution >= 4 is 0 Å². The number of allylic oxidation sites excluding steroid dienone is 1. The van der Waals surface area contributed by atoms with Crippen molar-refractivity contribution < 1.29 is 5.11 Å². The predicted octanol–water partition coefficient (Wildman–Crippen LogP) is 5.12. The van der Waals surface area contributed by atoms with Crippen LogP contribution in [0.4, 0.5) is 0 Å². The molecule has 2 aromatic heterocycles. The maximum atomic E-state index is 9.18. The number of aromatic nitrogens is 2. The van der Waals surface area contributed by atoms with E-state index in [1.165, 1.54) is 0 Å². The Hall–Kier alpha value is -2.16. The highest BCUT2D eigenvalue weighted by Crippen LogP contribution is 2.17. The van der Waals surface area contributed by atoms with Gasteiger partial charge in [0.1, 0.15) is 0 Å². The number of hydrogen-bond acceptors (Lipinski definition) is 3. The van der Waals surface area contributed by atoms with Gasteiger partial charge in [-0.05, 0) is 42.3 Å². The van der Waals surface area contributed by atoms with Crippen molar-refractivity contribution in [2.75, 3.05) is 0 Å². The average molecular weight is 286 g/mol. The third kappa shape index (κ3) is 6.70. The largest absolute Gasteiger partial charge is 0.513 e. The molecule has 0 radical (unpaired) electrons. The minimum absolute atomic E-state index is 0.152. The van der Waals surface area contributed by atoms with Crippen LogP contribution in [-0.2, 0) is 6.42 Å². The third-order valence-electron chi connectivity index (χ3n) is 2.41. The van der Waals surface area contributed by atoms with Crippen molar-refractivity contribution in [3.05, 3.63) is 60.1 Å². The Morgan fingerprint density at radius 3 is 2.05 bits per heavy atom. The maximum absolute atomic E-state index is 9.18. The van der Waals surface area contributed by atoms with Crippen molar-refractivity contribution in [3.8, 4) is 11.4 Å². The molecule has 0 unspecified atom stereocenters. The molecule has 0 atom stereocenters. The van der Waals surface area contributed by atoms with Crippen molar-refractivity contribution in [3.63, 3.8) is 0 Å². The van der Waals surface area contributed by atoms with Gasteiger partial charge in [0.15, 0.2) is 0 Å². The first-order valence-electron chi connectivity index (χ1n) is 7.40. The summed E-state index contributed by atoms with van der Waals surface area (Å²) in [7, 11) is 0. The average Bonchev–Trinajstić information content (AvgIpc) is 2.51. The van der Waals surface area contributed by atoms with Gasteiger partial charge in [0.25, 0.3) is 0 Å². The Kier molecular flexibility index (Phi) is 9.52. The quantitative estimate of drug-likeness (QED) is 0.797. The van der Waals surface area contributed by atoms with E-state index >= 15 is 0 Å². The summed E-state index contributed by atoms with van der Waals surface area (Å²) in [6.45, 7) is 13.5. The smallest absolute Gasteiger partial charge is 0.0894 e. The van der Waals surface area contributed by atoms with Crippen LogP contribution in [0.15, 0.2) is 49.0 Å². The molecule has 0 aliphatic carbocycles. The van der Waals surface area contributed by atoms with Crippen LogP contribution in [0.5, 0.6) is 0 Å². The van der Waals surface area contributed by atoms with Gasteiger partial charge in [0, 0.05) is 18.8 Å². The Morgan fingerprint density at radius 2 is 1.52 bits per heavy atom.